The molecule has 0 radical (unpaired) electrons. The summed E-state index contributed by atoms with van der Waals surface area (Å²) in [6.45, 7) is 0. The molecule has 1 aromatic heterocycles. The topological polar surface area (TPSA) is 54.7 Å². The predicted molar refractivity (Wildman–Crippen MR) is 40.2 cm³/mol. The molecule has 0 spiro atoms. The van der Waals surface area contributed by atoms with E-state index in [0.29, 0.717) is 5.82 Å². The van der Waals surface area contributed by atoms with Gasteiger partial charge in [-0.3, -0.25) is 5.10 Å². The Morgan fingerprint density at radius 2 is 2.67 bits per heavy atom. The first kappa shape index (κ1) is 6.48. The second-order valence-electron chi connectivity index (χ2n) is 1.74. The highest BCUT2D eigenvalue weighted by molar-refractivity contribution is 7.97. The number of nitrogens with one attached hydrogen (secondary N) is 1. The number of thioether (sulfide) groups is 1. The number of nitrogens with zero attached hydrogens (tertiary/aromatic N) is 1. The summed E-state index contributed by atoms with van der Waals surface area (Å²) in [4.78, 5) is 0. The fraction of sp³-hybridized carbons (Fsp3) is 0.400. The molecular weight excluding hydrogens is 134 g/mol. The lowest BCUT2D eigenvalue weighted by Gasteiger charge is -1.91. The van der Waals surface area contributed by atoms with Crippen molar-refractivity contribution in [2.24, 2.45) is 0 Å². The van der Waals surface area contributed by atoms with E-state index >= 15 is 0 Å². The van der Waals surface area contributed by atoms with Crippen LogP contribution in [0.3, 0.4) is 0 Å². The zero-order chi connectivity index (χ0) is 6.69. The van der Waals surface area contributed by atoms with E-state index in [9.17, 15) is 0 Å². The van der Waals surface area contributed by atoms with Gasteiger partial charge >= 0.3 is 0 Å². The van der Waals surface area contributed by atoms with Gasteiger partial charge in [0, 0.05) is 11.3 Å². The van der Waals surface area contributed by atoms with Crippen molar-refractivity contribution >= 4 is 17.6 Å². The molecule has 0 saturated carbocycles. The Labute approximate surface area is 58.0 Å². The summed E-state index contributed by atoms with van der Waals surface area (Å²) in [5, 5.41) is 6.44. The quantitative estimate of drug-likeness (QED) is 0.645. The van der Waals surface area contributed by atoms with E-state index in [0.717, 1.165) is 11.3 Å². The first-order valence-corrected chi connectivity index (χ1v) is 4.00. The molecule has 1 rings (SSSR count). The van der Waals surface area contributed by atoms with Gasteiger partial charge in [-0.05, 0) is 6.26 Å². The minimum absolute atomic E-state index is 0.685. The third-order valence-electron chi connectivity index (χ3n) is 1.05. The molecule has 50 valence electrons. The van der Waals surface area contributed by atoms with E-state index in [1.54, 1.807) is 18.0 Å². The highest BCUT2D eigenvalue weighted by Crippen LogP contribution is 2.12. The van der Waals surface area contributed by atoms with Crippen LogP contribution in [0.15, 0.2) is 6.20 Å². The Morgan fingerprint density at radius 3 is 3.11 bits per heavy atom. The van der Waals surface area contributed by atoms with Gasteiger partial charge in [0.25, 0.3) is 0 Å². The molecule has 0 unspecified atom stereocenters. The summed E-state index contributed by atoms with van der Waals surface area (Å²) < 4.78 is 0. The predicted octanol–water partition coefficient (Wildman–Crippen LogP) is 0.855. The smallest absolute Gasteiger partial charge is 0.122 e. The van der Waals surface area contributed by atoms with Gasteiger partial charge in [0.15, 0.2) is 0 Å². The van der Waals surface area contributed by atoms with Gasteiger partial charge in [0.1, 0.15) is 5.82 Å². The second-order valence-corrected chi connectivity index (χ2v) is 2.61. The molecule has 0 bridgehead atoms. The van der Waals surface area contributed by atoms with Crippen LogP contribution in [-0.2, 0) is 5.75 Å². The molecule has 0 amide bonds. The number of anilines is 1. The summed E-state index contributed by atoms with van der Waals surface area (Å²) in [7, 11) is 0. The van der Waals surface area contributed by atoms with Gasteiger partial charge in [0.2, 0.25) is 0 Å². The third kappa shape index (κ3) is 1.38. The Bertz CT molecular complexity index is 184. The molecule has 4 heteroatoms. The maximum absolute atomic E-state index is 5.50. The number of aromatic nitrogens is 2. The lowest BCUT2D eigenvalue weighted by molar-refractivity contribution is 1.10. The molecule has 0 fully saturated rings. The van der Waals surface area contributed by atoms with Crippen LogP contribution < -0.4 is 5.73 Å². The Hall–Kier alpha value is -0.640. The number of aromatic amines is 1. The van der Waals surface area contributed by atoms with Crippen molar-refractivity contribution < 1.29 is 0 Å². The summed E-state index contributed by atoms with van der Waals surface area (Å²) in [6.07, 6.45) is 3.79. The average Bonchev–Trinajstić information content (AvgIpc) is 2.18. The molecule has 1 heterocycles. The normalized spacial score (nSPS) is 9.89. The van der Waals surface area contributed by atoms with Crippen LogP contribution in [0.1, 0.15) is 5.56 Å². The zero-order valence-corrected chi connectivity index (χ0v) is 6.03. The number of nitrogens with two attached hydrogens (primary N) is 1. The van der Waals surface area contributed by atoms with Gasteiger partial charge in [-0.25, -0.2) is 0 Å². The molecule has 0 aliphatic heterocycles. The summed E-state index contributed by atoms with van der Waals surface area (Å²) in [5.41, 5.74) is 6.58. The van der Waals surface area contributed by atoms with Crippen LogP contribution in [0.2, 0.25) is 0 Å². The molecule has 0 atom stereocenters. The SMILES string of the molecule is CSCc1cn[nH]c1N. The maximum atomic E-state index is 5.50. The minimum Gasteiger partial charge on any atom is -0.384 e. The molecule has 3 N–H and O–H groups in total. The van der Waals surface area contributed by atoms with Crippen LogP contribution in [-0.4, -0.2) is 16.5 Å². The molecular formula is C5H9N3S. The van der Waals surface area contributed by atoms with Crippen LogP contribution in [0.4, 0.5) is 5.82 Å². The fourth-order valence-electron chi connectivity index (χ4n) is 0.592. The van der Waals surface area contributed by atoms with E-state index in [2.05, 4.69) is 10.2 Å². The van der Waals surface area contributed by atoms with Crippen LogP contribution in [0.5, 0.6) is 0 Å². The highest BCUT2D eigenvalue weighted by Gasteiger charge is 1.97. The number of hydrogen-bond acceptors (Lipinski definition) is 3. The number of H-pyrrole nitrogens is 1. The Kier molecular flexibility index (Phi) is 2.00. The monoisotopic (exact) mass is 143 g/mol. The van der Waals surface area contributed by atoms with Crippen molar-refractivity contribution in [1.82, 2.24) is 10.2 Å². The van der Waals surface area contributed by atoms with Gasteiger partial charge in [-0.2, -0.15) is 16.9 Å². The maximum Gasteiger partial charge on any atom is 0.122 e. The molecule has 9 heavy (non-hydrogen) atoms. The molecule has 0 aliphatic carbocycles. The van der Waals surface area contributed by atoms with Crippen molar-refractivity contribution in [2.45, 2.75) is 5.75 Å². The summed E-state index contributed by atoms with van der Waals surface area (Å²) in [6, 6.07) is 0. The summed E-state index contributed by atoms with van der Waals surface area (Å²) in [5.74, 6) is 1.62. The molecule has 0 saturated heterocycles. The largest absolute Gasteiger partial charge is 0.384 e. The fourth-order valence-corrected chi connectivity index (χ4v) is 1.13. The summed E-state index contributed by atoms with van der Waals surface area (Å²) >= 11 is 1.73. The first-order valence-electron chi connectivity index (χ1n) is 2.61. The van der Waals surface area contributed by atoms with Crippen molar-refractivity contribution in [1.29, 1.82) is 0 Å². The number of rotatable bonds is 2. The Morgan fingerprint density at radius 1 is 1.89 bits per heavy atom. The zero-order valence-electron chi connectivity index (χ0n) is 5.22. The second kappa shape index (κ2) is 2.77. The minimum atomic E-state index is 0.685. The van der Waals surface area contributed by atoms with E-state index in [1.165, 1.54) is 0 Å². The highest BCUT2D eigenvalue weighted by atomic mass is 32.2. The number of nitrogen functional groups attached to an aromatic ring is 1. The standard InChI is InChI=1S/C5H9N3S/c1-9-3-4-2-7-8-5(4)6/h2H,3H2,1H3,(H3,6,7,8). The van der Waals surface area contributed by atoms with Crippen LogP contribution >= 0.6 is 11.8 Å². The van der Waals surface area contributed by atoms with Gasteiger partial charge in [-0.1, -0.05) is 0 Å². The van der Waals surface area contributed by atoms with E-state index < -0.39 is 0 Å². The number of hydrogen-bond donors (Lipinski definition) is 2. The van der Waals surface area contributed by atoms with E-state index in [-0.39, 0.29) is 0 Å². The Balaban J connectivity index is 2.69. The third-order valence-corrected chi connectivity index (χ3v) is 1.65. The molecule has 3 nitrogen and oxygen atoms in total. The van der Waals surface area contributed by atoms with Crippen LogP contribution in [0.25, 0.3) is 0 Å². The van der Waals surface area contributed by atoms with Gasteiger partial charge in [0.05, 0.1) is 6.20 Å². The van der Waals surface area contributed by atoms with Crippen molar-refractivity contribution in [3.8, 4) is 0 Å². The molecule has 0 aromatic carbocycles. The van der Waals surface area contributed by atoms with Crippen molar-refractivity contribution in [3.05, 3.63) is 11.8 Å². The molecule has 0 aliphatic rings. The van der Waals surface area contributed by atoms with E-state index in [4.69, 9.17) is 5.73 Å². The van der Waals surface area contributed by atoms with E-state index in [1.807, 2.05) is 6.26 Å². The molecule has 1 aromatic rings. The average molecular weight is 143 g/mol. The van der Waals surface area contributed by atoms with Gasteiger partial charge in [-0.15, -0.1) is 0 Å². The van der Waals surface area contributed by atoms with Crippen molar-refractivity contribution in [3.63, 3.8) is 0 Å². The van der Waals surface area contributed by atoms with Crippen LogP contribution in [0, 0.1) is 0 Å². The van der Waals surface area contributed by atoms with Gasteiger partial charge < -0.3 is 5.73 Å². The lowest BCUT2D eigenvalue weighted by atomic mass is 10.4. The lowest BCUT2D eigenvalue weighted by Crippen LogP contribution is -1.88. The van der Waals surface area contributed by atoms with Crippen molar-refractivity contribution in [2.75, 3.05) is 12.0 Å². The first-order chi connectivity index (χ1) is 4.34.